The van der Waals surface area contributed by atoms with Gasteiger partial charge in [0.15, 0.2) is 0 Å². The van der Waals surface area contributed by atoms with Gasteiger partial charge in [-0.05, 0) is 31.0 Å². The summed E-state index contributed by atoms with van der Waals surface area (Å²) in [6, 6.07) is 0.192. The number of carbonyl (C=O) groups excluding carboxylic acids is 1. The van der Waals surface area contributed by atoms with E-state index in [-0.39, 0.29) is 17.2 Å². The molecule has 0 aromatic carbocycles. The van der Waals surface area contributed by atoms with Gasteiger partial charge in [0, 0.05) is 25.0 Å². The number of carbonyl (C=O) groups is 1. The normalized spacial score (nSPS) is 20.4. The first-order valence-corrected chi connectivity index (χ1v) is 5.62. The fraction of sp³-hybridized carbons (Fsp3) is 0.500. The summed E-state index contributed by atoms with van der Waals surface area (Å²) in [6.45, 7) is 1.84. The highest BCUT2D eigenvalue weighted by Gasteiger charge is 2.16. The first-order chi connectivity index (χ1) is 7.75. The standard InChI is InChI=1S/C10H13ClN4O/c11-10-13-4-7(5-14-10)9(16)15-8-2-1-3-12-6-8/h4-5,8,12H,1-3,6H2,(H,15,16). The zero-order valence-corrected chi connectivity index (χ0v) is 9.50. The summed E-state index contributed by atoms with van der Waals surface area (Å²) in [7, 11) is 0. The minimum atomic E-state index is -0.148. The Hall–Kier alpha value is -1.20. The SMILES string of the molecule is O=C(NC1CCCNC1)c1cnc(Cl)nc1. The molecule has 1 amide bonds. The molecule has 0 radical (unpaired) electrons. The maximum absolute atomic E-state index is 11.8. The van der Waals surface area contributed by atoms with Gasteiger partial charge in [-0.25, -0.2) is 9.97 Å². The van der Waals surface area contributed by atoms with E-state index in [1.807, 2.05) is 0 Å². The summed E-state index contributed by atoms with van der Waals surface area (Å²) in [5.41, 5.74) is 0.440. The number of hydrogen-bond acceptors (Lipinski definition) is 4. The third-order valence-corrected chi connectivity index (χ3v) is 2.71. The molecule has 1 aliphatic rings. The molecule has 1 saturated heterocycles. The molecule has 2 rings (SSSR count). The van der Waals surface area contributed by atoms with Gasteiger partial charge in [0.05, 0.1) is 5.56 Å². The number of nitrogens with one attached hydrogen (secondary N) is 2. The van der Waals surface area contributed by atoms with Gasteiger partial charge in [0.2, 0.25) is 5.28 Å². The van der Waals surface area contributed by atoms with Crippen molar-refractivity contribution in [3.8, 4) is 0 Å². The van der Waals surface area contributed by atoms with Crippen LogP contribution in [0.3, 0.4) is 0 Å². The zero-order valence-electron chi connectivity index (χ0n) is 8.74. The molecule has 0 saturated carbocycles. The van der Waals surface area contributed by atoms with Crippen LogP contribution in [0.25, 0.3) is 0 Å². The molecule has 6 heteroatoms. The van der Waals surface area contributed by atoms with Gasteiger partial charge >= 0.3 is 0 Å². The van der Waals surface area contributed by atoms with Gasteiger partial charge in [-0.1, -0.05) is 0 Å². The van der Waals surface area contributed by atoms with Crippen molar-refractivity contribution in [3.05, 3.63) is 23.2 Å². The first-order valence-electron chi connectivity index (χ1n) is 5.25. The van der Waals surface area contributed by atoms with Gasteiger partial charge in [0.1, 0.15) is 0 Å². The third kappa shape index (κ3) is 2.90. The van der Waals surface area contributed by atoms with Crippen LogP contribution in [0.1, 0.15) is 23.2 Å². The average molecular weight is 241 g/mol. The molecule has 16 heavy (non-hydrogen) atoms. The van der Waals surface area contributed by atoms with Crippen molar-refractivity contribution in [3.63, 3.8) is 0 Å². The van der Waals surface area contributed by atoms with E-state index in [0.717, 1.165) is 25.9 Å². The molecule has 0 bridgehead atoms. The van der Waals surface area contributed by atoms with Gasteiger partial charge < -0.3 is 10.6 Å². The number of halogens is 1. The Balaban J connectivity index is 1.94. The molecule has 1 aliphatic heterocycles. The van der Waals surface area contributed by atoms with Crippen LogP contribution in [0.4, 0.5) is 0 Å². The van der Waals surface area contributed by atoms with Crippen LogP contribution in [-0.2, 0) is 0 Å². The van der Waals surface area contributed by atoms with Crippen molar-refractivity contribution in [2.45, 2.75) is 18.9 Å². The molecule has 86 valence electrons. The molecule has 5 nitrogen and oxygen atoms in total. The molecular formula is C10H13ClN4O. The van der Waals surface area contributed by atoms with Crippen molar-refractivity contribution in [1.29, 1.82) is 0 Å². The van der Waals surface area contributed by atoms with Crippen LogP contribution < -0.4 is 10.6 Å². The number of nitrogens with zero attached hydrogens (tertiary/aromatic N) is 2. The summed E-state index contributed by atoms with van der Waals surface area (Å²) >= 11 is 5.54. The molecule has 1 fully saturated rings. The van der Waals surface area contributed by atoms with E-state index in [0.29, 0.717) is 5.56 Å². The maximum atomic E-state index is 11.8. The van der Waals surface area contributed by atoms with Crippen LogP contribution in [0.2, 0.25) is 5.28 Å². The number of amides is 1. The van der Waals surface area contributed by atoms with Crippen LogP contribution >= 0.6 is 11.6 Å². The summed E-state index contributed by atoms with van der Waals surface area (Å²) in [5, 5.41) is 6.31. The van der Waals surface area contributed by atoms with Gasteiger partial charge in [-0.15, -0.1) is 0 Å². The van der Waals surface area contributed by atoms with E-state index in [4.69, 9.17) is 11.6 Å². The molecule has 0 spiro atoms. The summed E-state index contributed by atoms with van der Waals surface area (Å²) < 4.78 is 0. The molecule has 1 atom stereocenters. The Morgan fingerprint density at radius 1 is 1.50 bits per heavy atom. The topological polar surface area (TPSA) is 66.9 Å². The summed E-state index contributed by atoms with van der Waals surface area (Å²) in [4.78, 5) is 19.3. The summed E-state index contributed by atoms with van der Waals surface area (Å²) in [6.07, 6.45) is 4.96. The lowest BCUT2D eigenvalue weighted by atomic mass is 10.1. The van der Waals surface area contributed by atoms with Crippen molar-refractivity contribution in [1.82, 2.24) is 20.6 Å². The fourth-order valence-electron chi connectivity index (χ4n) is 1.67. The quantitative estimate of drug-likeness (QED) is 0.744. The molecule has 1 unspecified atom stereocenters. The van der Waals surface area contributed by atoms with E-state index in [2.05, 4.69) is 20.6 Å². The van der Waals surface area contributed by atoms with Crippen LogP contribution in [0, 0.1) is 0 Å². The van der Waals surface area contributed by atoms with Crippen LogP contribution in [0.15, 0.2) is 12.4 Å². The van der Waals surface area contributed by atoms with E-state index in [1.54, 1.807) is 0 Å². The molecular weight excluding hydrogens is 228 g/mol. The second-order valence-corrected chi connectivity index (χ2v) is 4.10. The van der Waals surface area contributed by atoms with Crippen LogP contribution in [-0.4, -0.2) is 35.0 Å². The van der Waals surface area contributed by atoms with Crippen molar-refractivity contribution >= 4 is 17.5 Å². The van der Waals surface area contributed by atoms with E-state index < -0.39 is 0 Å². The Morgan fingerprint density at radius 2 is 2.25 bits per heavy atom. The van der Waals surface area contributed by atoms with E-state index in [9.17, 15) is 4.79 Å². The Bertz CT molecular complexity index is 362. The second kappa shape index (κ2) is 5.23. The zero-order chi connectivity index (χ0) is 11.4. The minimum absolute atomic E-state index is 0.148. The lowest BCUT2D eigenvalue weighted by Crippen LogP contribution is -2.45. The molecule has 0 aliphatic carbocycles. The van der Waals surface area contributed by atoms with Crippen molar-refractivity contribution < 1.29 is 4.79 Å². The minimum Gasteiger partial charge on any atom is -0.348 e. The van der Waals surface area contributed by atoms with Gasteiger partial charge in [-0.3, -0.25) is 4.79 Å². The monoisotopic (exact) mass is 240 g/mol. The number of hydrogen-bond donors (Lipinski definition) is 2. The van der Waals surface area contributed by atoms with Crippen molar-refractivity contribution in [2.75, 3.05) is 13.1 Å². The highest BCUT2D eigenvalue weighted by atomic mass is 35.5. The number of aromatic nitrogens is 2. The first kappa shape index (κ1) is 11.3. The lowest BCUT2D eigenvalue weighted by Gasteiger charge is -2.23. The predicted octanol–water partition coefficient (Wildman–Crippen LogP) is 0.612. The van der Waals surface area contributed by atoms with Gasteiger partial charge in [0.25, 0.3) is 5.91 Å². The Labute approximate surface area is 98.6 Å². The molecule has 1 aromatic rings. The highest BCUT2D eigenvalue weighted by molar-refractivity contribution is 6.28. The average Bonchev–Trinajstić information content (AvgIpc) is 2.31. The Morgan fingerprint density at radius 3 is 2.88 bits per heavy atom. The summed E-state index contributed by atoms with van der Waals surface area (Å²) in [5.74, 6) is -0.148. The highest BCUT2D eigenvalue weighted by Crippen LogP contribution is 2.04. The predicted molar refractivity (Wildman–Crippen MR) is 60.4 cm³/mol. The van der Waals surface area contributed by atoms with E-state index >= 15 is 0 Å². The van der Waals surface area contributed by atoms with E-state index in [1.165, 1.54) is 12.4 Å². The number of rotatable bonds is 2. The molecule has 2 N–H and O–H groups in total. The maximum Gasteiger partial charge on any atom is 0.254 e. The third-order valence-electron chi connectivity index (χ3n) is 2.51. The second-order valence-electron chi connectivity index (χ2n) is 3.76. The lowest BCUT2D eigenvalue weighted by molar-refractivity contribution is 0.0930. The smallest absolute Gasteiger partial charge is 0.254 e. The van der Waals surface area contributed by atoms with Crippen molar-refractivity contribution in [2.24, 2.45) is 0 Å². The van der Waals surface area contributed by atoms with Crippen LogP contribution in [0.5, 0.6) is 0 Å². The van der Waals surface area contributed by atoms with Gasteiger partial charge in [-0.2, -0.15) is 0 Å². The largest absolute Gasteiger partial charge is 0.348 e. The fourth-order valence-corrected chi connectivity index (χ4v) is 1.77. The molecule has 1 aromatic heterocycles. The Kier molecular flexibility index (Phi) is 3.69. The number of piperidine rings is 1. The molecule has 2 heterocycles.